The summed E-state index contributed by atoms with van der Waals surface area (Å²) in [7, 11) is 0. The van der Waals surface area contributed by atoms with Crippen molar-refractivity contribution in [3.63, 3.8) is 0 Å². The largest absolute Gasteiger partial charge is 0.451 e. The van der Waals surface area contributed by atoms with Crippen LogP contribution in [0.1, 0.15) is 11.4 Å². The van der Waals surface area contributed by atoms with Crippen LogP contribution < -0.4 is 0 Å². The van der Waals surface area contributed by atoms with Crippen molar-refractivity contribution in [1.29, 1.82) is 0 Å². The van der Waals surface area contributed by atoms with Gasteiger partial charge in [0.05, 0.1) is 5.52 Å². The van der Waals surface area contributed by atoms with Gasteiger partial charge in [-0.15, -0.1) is 0 Å². The lowest BCUT2D eigenvalue weighted by molar-refractivity contribution is -0.145. The Labute approximate surface area is 148 Å². The van der Waals surface area contributed by atoms with Crippen LogP contribution >= 0.6 is 34.4 Å². The molecule has 0 saturated heterocycles. The second-order valence-corrected chi connectivity index (χ2v) is 7.23. The molecule has 0 aliphatic heterocycles. The van der Waals surface area contributed by atoms with E-state index in [-0.39, 0.29) is 0 Å². The van der Waals surface area contributed by atoms with Crippen LogP contribution in [-0.2, 0) is 6.18 Å². The summed E-state index contributed by atoms with van der Waals surface area (Å²) in [5, 5.41) is 0.939. The summed E-state index contributed by atoms with van der Waals surface area (Å²) in [4.78, 5) is 8.24. The SMILES string of the molecule is Cc1ccc2nc(C(F)(F)F)nc(Sc3ccc(I)cc3)c2c1. The van der Waals surface area contributed by atoms with E-state index in [0.717, 1.165) is 14.0 Å². The van der Waals surface area contributed by atoms with E-state index < -0.39 is 12.0 Å². The van der Waals surface area contributed by atoms with Crippen LogP contribution in [0.2, 0.25) is 0 Å². The Morgan fingerprint density at radius 2 is 1.70 bits per heavy atom. The van der Waals surface area contributed by atoms with Gasteiger partial charge in [-0.25, -0.2) is 9.97 Å². The maximum Gasteiger partial charge on any atom is 0.451 e. The molecule has 0 aliphatic rings. The van der Waals surface area contributed by atoms with E-state index in [4.69, 9.17) is 0 Å². The second kappa shape index (κ2) is 6.27. The van der Waals surface area contributed by atoms with Crippen LogP contribution in [0.4, 0.5) is 13.2 Å². The van der Waals surface area contributed by atoms with Gasteiger partial charge >= 0.3 is 6.18 Å². The first-order valence-corrected chi connectivity index (χ1v) is 8.51. The number of hydrogen-bond donors (Lipinski definition) is 0. The number of fused-ring (bicyclic) bond motifs is 1. The topological polar surface area (TPSA) is 25.8 Å². The van der Waals surface area contributed by atoms with Crippen LogP contribution in [-0.4, -0.2) is 9.97 Å². The summed E-state index contributed by atoms with van der Waals surface area (Å²) in [6.07, 6.45) is -4.57. The van der Waals surface area contributed by atoms with Crippen molar-refractivity contribution in [2.24, 2.45) is 0 Å². The van der Waals surface area contributed by atoms with Gasteiger partial charge in [-0.2, -0.15) is 13.2 Å². The van der Waals surface area contributed by atoms with Gasteiger partial charge in [0.15, 0.2) is 0 Å². The van der Waals surface area contributed by atoms with Gasteiger partial charge in [0.25, 0.3) is 0 Å². The fraction of sp³-hybridized carbons (Fsp3) is 0.125. The number of alkyl halides is 3. The van der Waals surface area contributed by atoms with Crippen molar-refractivity contribution in [3.05, 3.63) is 57.4 Å². The molecule has 2 nitrogen and oxygen atoms in total. The standard InChI is InChI=1S/C16H10F3IN2S/c1-9-2-7-13-12(8-9)14(22-15(21-13)16(17,18)19)23-11-5-3-10(20)4-6-11/h2-8H,1H3. The van der Waals surface area contributed by atoms with Gasteiger partial charge < -0.3 is 0 Å². The first-order valence-electron chi connectivity index (χ1n) is 6.62. The number of nitrogens with zero attached hydrogens (tertiary/aromatic N) is 2. The van der Waals surface area contributed by atoms with Crippen molar-refractivity contribution in [2.45, 2.75) is 23.0 Å². The molecule has 0 radical (unpaired) electrons. The van der Waals surface area contributed by atoms with Crippen LogP contribution in [0.25, 0.3) is 10.9 Å². The zero-order chi connectivity index (χ0) is 16.6. The molecule has 0 bridgehead atoms. The molecule has 118 valence electrons. The summed E-state index contributed by atoms with van der Waals surface area (Å²) >= 11 is 3.39. The number of aryl methyl sites for hydroxylation is 1. The minimum absolute atomic E-state index is 0.297. The summed E-state index contributed by atoms with van der Waals surface area (Å²) in [5.74, 6) is -1.11. The minimum atomic E-state index is -4.57. The molecule has 0 atom stereocenters. The van der Waals surface area contributed by atoms with E-state index in [9.17, 15) is 13.2 Å². The molecule has 0 fully saturated rings. The molecule has 1 heterocycles. The molecule has 0 spiro atoms. The van der Waals surface area contributed by atoms with E-state index in [2.05, 4.69) is 32.6 Å². The van der Waals surface area contributed by atoms with E-state index in [1.54, 1.807) is 12.1 Å². The Morgan fingerprint density at radius 1 is 1.00 bits per heavy atom. The summed E-state index contributed by atoms with van der Waals surface area (Å²) in [6.45, 7) is 1.89. The van der Waals surface area contributed by atoms with Crippen LogP contribution in [0.3, 0.4) is 0 Å². The lowest BCUT2D eigenvalue weighted by Gasteiger charge is -2.11. The maximum atomic E-state index is 13.0. The fourth-order valence-corrected chi connectivity index (χ4v) is 3.29. The molecule has 0 N–H and O–H groups in total. The van der Waals surface area contributed by atoms with Gasteiger partial charge in [0.2, 0.25) is 5.82 Å². The van der Waals surface area contributed by atoms with Crippen molar-refractivity contribution >= 4 is 45.3 Å². The molecular weight excluding hydrogens is 436 g/mol. The smallest absolute Gasteiger partial charge is 0.224 e. The lowest BCUT2D eigenvalue weighted by atomic mass is 10.2. The Morgan fingerprint density at radius 3 is 2.35 bits per heavy atom. The molecule has 1 aromatic heterocycles. The zero-order valence-corrected chi connectivity index (χ0v) is 14.8. The molecule has 7 heteroatoms. The summed E-state index contributed by atoms with van der Waals surface area (Å²) < 4.78 is 40.2. The van der Waals surface area contributed by atoms with Gasteiger partial charge in [0, 0.05) is 13.9 Å². The predicted octanol–water partition coefficient (Wildman–Crippen LogP) is 5.71. The quantitative estimate of drug-likeness (QED) is 0.373. The number of hydrogen-bond acceptors (Lipinski definition) is 3. The average Bonchev–Trinajstić information content (AvgIpc) is 2.49. The highest BCUT2D eigenvalue weighted by atomic mass is 127. The van der Waals surface area contributed by atoms with Crippen molar-refractivity contribution in [3.8, 4) is 0 Å². The predicted molar refractivity (Wildman–Crippen MR) is 92.6 cm³/mol. The van der Waals surface area contributed by atoms with Gasteiger partial charge in [0.1, 0.15) is 5.03 Å². The first kappa shape index (κ1) is 16.5. The van der Waals surface area contributed by atoms with Crippen LogP contribution in [0, 0.1) is 10.5 Å². The molecular formula is C16H10F3IN2S. The second-order valence-electron chi connectivity index (χ2n) is 4.93. The molecule has 2 aromatic carbocycles. The van der Waals surface area contributed by atoms with Gasteiger partial charge in [-0.05, 0) is 65.9 Å². The van der Waals surface area contributed by atoms with Crippen LogP contribution in [0.5, 0.6) is 0 Å². The summed E-state index contributed by atoms with van der Waals surface area (Å²) in [5.41, 5.74) is 1.25. The Hall–Kier alpha value is -1.35. The Balaban J connectivity index is 2.15. The third-order valence-electron chi connectivity index (χ3n) is 3.10. The molecule has 3 rings (SSSR count). The molecule has 3 aromatic rings. The monoisotopic (exact) mass is 446 g/mol. The number of benzene rings is 2. The molecule has 0 aliphatic carbocycles. The van der Waals surface area contributed by atoms with Gasteiger partial charge in [-0.1, -0.05) is 23.4 Å². The van der Waals surface area contributed by atoms with Crippen molar-refractivity contribution in [1.82, 2.24) is 9.97 Å². The van der Waals surface area contributed by atoms with E-state index in [1.807, 2.05) is 37.3 Å². The Bertz CT molecular complexity index is 864. The third kappa shape index (κ3) is 3.77. The third-order valence-corrected chi connectivity index (χ3v) is 4.83. The number of halogens is 4. The zero-order valence-electron chi connectivity index (χ0n) is 11.9. The minimum Gasteiger partial charge on any atom is -0.224 e. The Kier molecular flexibility index (Phi) is 4.50. The molecule has 0 amide bonds. The fourth-order valence-electron chi connectivity index (χ4n) is 2.03. The first-order chi connectivity index (χ1) is 10.8. The molecule has 0 saturated carbocycles. The normalized spacial score (nSPS) is 11.9. The molecule has 0 unspecified atom stereocenters. The molecule has 23 heavy (non-hydrogen) atoms. The van der Waals surface area contributed by atoms with E-state index in [1.165, 1.54) is 11.8 Å². The van der Waals surface area contributed by atoms with Crippen LogP contribution in [0.15, 0.2) is 52.4 Å². The average molecular weight is 446 g/mol. The van der Waals surface area contributed by atoms with E-state index >= 15 is 0 Å². The maximum absolute atomic E-state index is 13.0. The van der Waals surface area contributed by atoms with E-state index in [0.29, 0.717) is 15.9 Å². The highest BCUT2D eigenvalue weighted by Gasteiger charge is 2.35. The highest BCUT2D eigenvalue weighted by Crippen LogP contribution is 2.35. The number of aromatic nitrogens is 2. The van der Waals surface area contributed by atoms with Gasteiger partial charge in [-0.3, -0.25) is 0 Å². The van der Waals surface area contributed by atoms with Crippen molar-refractivity contribution < 1.29 is 13.2 Å². The van der Waals surface area contributed by atoms with Crippen molar-refractivity contribution in [2.75, 3.05) is 0 Å². The highest BCUT2D eigenvalue weighted by molar-refractivity contribution is 14.1. The summed E-state index contributed by atoms with van der Waals surface area (Å²) in [6, 6.07) is 12.7. The lowest BCUT2D eigenvalue weighted by Crippen LogP contribution is -2.11. The number of rotatable bonds is 2.